The molecule has 0 radical (unpaired) electrons. The third-order valence-electron chi connectivity index (χ3n) is 2.86. The molecule has 0 saturated heterocycles. The normalized spacial score (nSPS) is 12.5. The summed E-state index contributed by atoms with van der Waals surface area (Å²) < 4.78 is 63.8. The highest BCUT2D eigenvalue weighted by Gasteiger charge is 2.26. The van der Waals surface area contributed by atoms with Crippen molar-refractivity contribution in [1.29, 1.82) is 5.53 Å². The van der Waals surface area contributed by atoms with Crippen molar-refractivity contribution < 1.29 is 31.0 Å². The molecule has 0 aliphatic carbocycles. The van der Waals surface area contributed by atoms with Crippen LogP contribution in [0, 0.1) is 5.53 Å². The number of anilines is 1. The number of hydrogen-bond donors (Lipinski definition) is 5. The number of nitrogens with one attached hydrogen (secondary N) is 1. The van der Waals surface area contributed by atoms with Gasteiger partial charge in [-0.1, -0.05) is 0 Å². The number of aromatic hydroxyl groups is 1. The highest BCUT2D eigenvalue weighted by atomic mass is 32.2. The molecule has 10 nitrogen and oxygen atoms in total. The summed E-state index contributed by atoms with van der Waals surface area (Å²) in [4.78, 5) is -1.83. The van der Waals surface area contributed by atoms with Gasteiger partial charge in [0.15, 0.2) is 5.75 Å². The average Bonchev–Trinajstić information content (AvgIpc) is 2.35. The molecule has 12 heteroatoms. The summed E-state index contributed by atoms with van der Waals surface area (Å²) in [5.41, 5.74) is 11.2. The Morgan fingerprint density at radius 1 is 1.05 bits per heavy atom. The van der Waals surface area contributed by atoms with Gasteiger partial charge in [0.05, 0.1) is 5.69 Å². The molecule has 0 amide bonds. The molecule has 2 aromatic carbocycles. The minimum Gasteiger partial charge on any atom is -0.505 e. The lowest BCUT2D eigenvalue weighted by Gasteiger charge is -2.12. The van der Waals surface area contributed by atoms with E-state index in [2.05, 4.69) is 5.11 Å². The molecule has 0 heterocycles. The number of benzene rings is 2. The van der Waals surface area contributed by atoms with E-state index in [1.54, 1.807) is 0 Å². The number of nitrogen functional groups attached to an aromatic ring is 1. The number of nitrogens with zero attached hydrogens (tertiary/aromatic N) is 1. The van der Waals surface area contributed by atoms with Gasteiger partial charge in [-0.15, -0.1) is 0 Å². The molecular weight excluding hydrogens is 338 g/mol. The van der Waals surface area contributed by atoms with Gasteiger partial charge < -0.3 is 10.8 Å². The Labute approximate surface area is 124 Å². The van der Waals surface area contributed by atoms with Crippen LogP contribution in [0.3, 0.4) is 0 Å². The van der Waals surface area contributed by atoms with Gasteiger partial charge in [-0.3, -0.25) is 9.11 Å². The lowest BCUT2D eigenvalue weighted by molar-refractivity contribution is 0.471. The molecule has 0 atom stereocenters. The van der Waals surface area contributed by atoms with E-state index in [1.807, 2.05) is 0 Å². The third kappa shape index (κ3) is 2.48. The Morgan fingerprint density at radius 2 is 1.64 bits per heavy atom. The molecule has 22 heavy (non-hydrogen) atoms. The van der Waals surface area contributed by atoms with E-state index in [0.717, 1.165) is 12.1 Å². The lowest BCUT2D eigenvalue weighted by atomic mass is 10.1. The van der Waals surface area contributed by atoms with Gasteiger partial charge in [0.2, 0.25) is 0 Å². The van der Waals surface area contributed by atoms with Crippen molar-refractivity contribution in [1.82, 2.24) is 0 Å². The van der Waals surface area contributed by atoms with Gasteiger partial charge in [-0.05, 0) is 18.2 Å². The molecule has 0 unspecified atom stereocenters. The fourth-order valence-corrected chi connectivity index (χ4v) is 3.47. The summed E-state index contributed by atoms with van der Waals surface area (Å²) in [6, 6.07) is 2.86. The predicted octanol–water partition coefficient (Wildman–Crippen LogP) is 1.28. The molecule has 0 saturated carbocycles. The molecule has 118 valence electrons. The first kappa shape index (κ1) is 16.1. The summed E-state index contributed by atoms with van der Waals surface area (Å²) >= 11 is 0. The van der Waals surface area contributed by atoms with Crippen LogP contribution in [0.2, 0.25) is 0 Å². The van der Waals surface area contributed by atoms with Crippen molar-refractivity contribution in [3.05, 3.63) is 18.2 Å². The highest BCUT2D eigenvalue weighted by molar-refractivity contribution is 7.86. The minimum atomic E-state index is -4.93. The van der Waals surface area contributed by atoms with Gasteiger partial charge in [-0.25, -0.2) is 5.53 Å². The maximum absolute atomic E-state index is 11.4. The van der Waals surface area contributed by atoms with Gasteiger partial charge in [-0.2, -0.15) is 21.9 Å². The number of nitrogens with two attached hydrogens (primary N) is 1. The molecule has 0 aliphatic heterocycles. The summed E-state index contributed by atoms with van der Waals surface area (Å²) in [6.07, 6.45) is 0. The molecule has 0 spiro atoms. The number of phenols is 1. The Kier molecular flexibility index (Phi) is 3.57. The first-order valence-corrected chi connectivity index (χ1v) is 8.27. The fourth-order valence-electron chi connectivity index (χ4n) is 2.00. The van der Waals surface area contributed by atoms with E-state index in [0.29, 0.717) is 6.07 Å². The smallest absolute Gasteiger partial charge is 0.297 e. The molecule has 2 rings (SSSR count). The molecule has 0 fully saturated rings. The van der Waals surface area contributed by atoms with Crippen LogP contribution in [0.1, 0.15) is 0 Å². The second kappa shape index (κ2) is 4.88. The van der Waals surface area contributed by atoms with Gasteiger partial charge in [0, 0.05) is 10.8 Å². The first-order valence-electron chi connectivity index (χ1n) is 5.39. The van der Waals surface area contributed by atoms with Crippen LogP contribution < -0.4 is 5.73 Å². The van der Waals surface area contributed by atoms with Crippen LogP contribution >= 0.6 is 0 Å². The largest absolute Gasteiger partial charge is 0.505 e. The van der Waals surface area contributed by atoms with Crippen molar-refractivity contribution in [2.24, 2.45) is 5.11 Å². The van der Waals surface area contributed by atoms with Crippen molar-refractivity contribution >= 4 is 42.4 Å². The second-order valence-corrected chi connectivity index (χ2v) is 6.96. The molecule has 6 N–H and O–H groups in total. The van der Waals surface area contributed by atoms with Crippen LogP contribution in [-0.4, -0.2) is 31.0 Å². The summed E-state index contributed by atoms with van der Waals surface area (Å²) in [5, 5.41) is 12.1. The Bertz CT molecular complexity index is 1010. The predicted molar refractivity (Wildman–Crippen MR) is 74.5 cm³/mol. The lowest BCUT2D eigenvalue weighted by Crippen LogP contribution is -2.05. The van der Waals surface area contributed by atoms with Gasteiger partial charge >= 0.3 is 0 Å². The molecular formula is C10H9N3O7S2. The van der Waals surface area contributed by atoms with E-state index in [1.165, 1.54) is 0 Å². The number of rotatable bonds is 3. The van der Waals surface area contributed by atoms with Crippen LogP contribution in [0.4, 0.5) is 11.4 Å². The third-order valence-corrected chi connectivity index (χ3v) is 4.70. The van der Waals surface area contributed by atoms with E-state index < -0.39 is 52.5 Å². The van der Waals surface area contributed by atoms with Crippen molar-refractivity contribution in [3.63, 3.8) is 0 Å². The highest BCUT2D eigenvalue weighted by Crippen LogP contribution is 2.43. The van der Waals surface area contributed by atoms with Gasteiger partial charge in [0.25, 0.3) is 20.2 Å². The van der Waals surface area contributed by atoms with E-state index in [9.17, 15) is 26.5 Å². The number of hydrogen-bond acceptors (Lipinski definition) is 8. The SMILES string of the molecule is N=Nc1c(S(=O)(=O)O)cc2c(S(=O)(=O)O)c(N)ccc2c1O. The summed E-state index contributed by atoms with van der Waals surface area (Å²) in [6.45, 7) is 0. The zero-order valence-electron chi connectivity index (χ0n) is 10.5. The number of phenolic OH excluding ortho intramolecular Hbond substituents is 1. The van der Waals surface area contributed by atoms with Gasteiger partial charge in [0.1, 0.15) is 15.5 Å². The quantitative estimate of drug-likeness (QED) is 0.311. The maximum atomic E-state index is 11.4. The van der Waals surface area contributed by atoms with Crippen LogP contribution in [0.5, 0.6) is 5.75 Å². The van der Waals surface area contributed by atoms with E-state index in [-0.39, 0.29) is 5.39 Å². The molecule has 2 aromatic rings. The Hall–Kier alpha value is -2.28. The Morgan fingerprint density at radius 3 is 2.09 bits per heavy atom. The molecule has 0 aliphatic rings. The van der Waals surface area contributed by atoms with E-state index in [4.69, 9.17) is 15.8 Å². The minimum absolute atomic E-state index is 0.222. The topological polar surface area (TPSA) is 191 Å². The fraction of sp³-hybridized carbons (Fsp3) is 0. The zero-order valence-corrected chi connectivity index (χ0v) is 12.2. The standard InChI is InChI=1S/C10H9N3O7S2/c11-6-2-1-4-5(10(6)22(18,19)20)3-7(21(15,16)17)8(13-12)9(4)14/h1-3,12,14H,11H2,(H,15,16,17)(H,18,19,20). The molecule has 0 bridgehead atoms. The maximum Gasteiger partial charge on any atom is 0.297 e. The second-order valence-electron chi connectivity index (χ2n) is 4.21. The Balaban J connectivity index is 3.20. The first-order chi connectivity index (χ1) is 9.98. The van der Waals surface area contributed by atoms with Crippen molar-refractivity contribution in [3.8, 4) is 5.75 Å². The van der Waals surface area contributed by atoms with Crippen LogP contribution in [-0.2, 0) is 20.2 Å². The summed E-state index contributed by atoms with van der Waals surface area (Å²) in [5.74, 6) is -0.856. The zero-order chi connectivity index (χ0) is 16.9. The monoisotopic (exact) mass is 347 g/mol. The number of fused-ring (bicyclic) bond motifs is 1. The van der Waals surface area contributed by atoms with E-state index >= 15 is 0 Å². The summed E-state index contributed by atoms with van der Waals surface area (Å²) in [7, 11) is -9.77. The van der Waals surface area contributed by atoms with Crippen LogP contribution in [0.25, 0.3) is 10.8 Å². The van der Waals surface area contributed by atoms with Crippen LogP contribution in [0.15, 0.2) is 33.1 Å². The molecule has 0 aromatic heterocycles. The van der Waals surface area contributed by atoms with Crippen molar-refractivity contribution in [2.75, 3.05) is 5.73 Å². The van der Waals surface area contributed by atoms with Crippen molar-refractivity contribution in [2.45, 2.75) is 9.79 Å². The average molecular weight is 347 g/mol.